The molecule has 0 aliphatic carbocycles. The lowest BCUT2D eigenvalue weighted by Crippen LogP contribution is -2.60. The van der Waals surface area contributed by atoms with Crippen LogP contribution in [0.2, 0.25) is 0 Å². The smallest absolute Gasteiger partial charge is 0.408 e. The molecule has 1 rings (SSSR count). The lowest BCUT2D eigenvalue weighted by Gasteiger charge is -2.49. The fourth-order valence-corrected chi connectivity index (χ4v) is 2.62. The Morgan fingerprint density at radius 2 is 1.71 bits per heavy atom. The quantitative estimate of drug-likeness (QED) is 0.896. The van der Waals surface area contributed by atoms with Gasteiger partial charge in [-0.25, -0.2) is 4.79 Å². The third kappa shape index (κ3) is 3.17. The van der Waals surface area contributed by atoms with Crippen LogP contribution in [0.4, 0.5) is 4.79 Å². The third-order valence-electron chi connectivity index (χ3n) is 3.74. The molecule has 0 radical (unpaired) electrons. The highest BCUT2D eigenvalue weighted by molar-refractivity contribution is 5.68. The van der Waals surface area contributed by atoms with Crippen molar-refractivity contribution in [1.82, 2.24) is 4.90 Å². The van der Waals surface area contributed by atoms with Crippen molar-refractivity contribution >= 4 is 6.09 Å². The third-order valence-corrected chi connectivity index (χ3v) is 3.74. The van der Waals surface area contributed by atoms with E-state index >= 15 is 0 Å². The number of hydrogen-bond donors (Lipinski definition) is 2. The molecule has 0 unspecified atom stereocenters. The van der Waals surface area contributed by atoms with Crippen LogP contribution in [-0.4, -0.2) is 32.8 Å². The lowest BCUT2D eigenvalue weighted by atomic mass is 9.82. The molecule has 21 heavy (non-hydrogen) atoms. The summed E-state index contributed by atoms with van der Waals surface area (Å²) < 4.78 is 0. The molecule has 0 aliphatic rings. The number of nitriles is 1. The zero-order valence-corrected chi connectivity index (χ0v) is 13.1. The second-order valence-electron chi connectivity index (χ2n) is 6.30. The van der Waals surface area contributed by atoms with Gasteiger partial charge in [0.15, 0.2) is 0 Å². The van der Waals surface area contributed by atoms with Gasteiger partial charge in [-0.3, -0.25) is 4.90 Å². The number of carboxylic acid groups (broad SMARTS) is 1. The van der Waals surface area contributed by atoms with Crippen molar-refractivity contribution in [2.45, 2.75) is 51.8 Å². The molecule has 0 aliphatic heterocycles. The molecule has 1 aromatic carbocycles. The van der Waals surface area contributed by atoms with E-state index in [0.717, 1.165) is 0 Å². The van der Waals surface area contributed by atoms with Gasteiger partial charge >= 0.3 is 6.09 Å². The molecule has 2 atom stereocenters. The molecular weight excluding hydrogens is 268 g/mol. The molecule has 114 valence electrons. The average molecular weight is 290 g/mol. The van der Waals surface area contributed by atoms with Crippen molar-refractivity contribution in [3.63, 3.8) is 0 Å². The van der Waals surface area contributed by atoms with Crippen LogP contribution in [-0.2, 0) is 5.54 Å². The minimum Gasteiger partial charge on any atom is -0.465 e. The van der Waals surface area contributed by atoms with Crippen molar-refractivity contribution in [3.05, 3.63) is 35.4 Å². The number of rotatable bonds is 3. The monoisotopic (exact) mass is 290 g/mol. The minimum absolute atomic E-state index is 0.490. The molecule has 0 bridgehead atoms. The van der Waals surface area contributed by atoms with E-state index < -0.39 is 23.3 Å². The van der Waals surface area contributed by atoms with Crippen LogP contribution in [0.1, 0.15) is 45.7 Å². The van der Waals surface area contributed by atoms with Gasteiger partial charge in [0.2, 0.25) is 0 Å². The molecule has 5 nitrogen and oxygen atoms in total. The second kappa shape index (κ2) is 5.74. The van der Waals surface area contributed by atoms with Gasteiger partial charge in [0, 0.05) is 5.54 Å². The molecule has 0 fully saturated rings. The first-order chi connectivity index (χ1) is 9.55. The molecule has 0 spiro atoms. The zero-order valence-electron chi connectivity index (χ0n) is 13.1. The predicted octanol–water partition coefficient (Wildman–Crippen LogP) is 2.93. The van der Waals surface area contributed by atoms with Crippen molar-refractivity contribution in [3.8, 4) is 6.07 Å². The summed E-state index contributed by atoms with van der Waals surface area (Å²) in [6, 6.07) is 8.65. The number of nitrogens with zero attached hydrogens (tertiary/aromatic N) is 2. The van der Waals surface area contributed by atoms with Gasteiger partial charge in [-0.05, 0) is 52.3 Å². The lowest BCUT2D eigenvalue weighted by molar-refractivity contribution is -0.0472. The van der Waals surface area contributed by atoms with E-state index in [1.54, 1.807) is 58.9 Å². The highest BCUT2D eigenvalue weighted by Crippen LogP contribution is 2.37. The Bertz CT molecular complexity index is 552. The van der Waals surface area contributed by atoms with Gasteiger partial charge in [-0.2, -0.15) is 5.26 Å². The standard InChI is InChI=1S/C16H22N2O3/c1-11(19)16(5,18(14(20)21)15(2,3)4)13-8-6-12(10-17)7-9-13/h6-9,11,19H,1-5H3,(H,20,21)/t11-,16-/m0/s1. The number of benzene rings is 1. The molecule has 1 amide bonds. The molecule has 5 heteroatoms. The molecular formula is C16H22N2O3. The van der Waals surface area contributed by atoms with Gasteiger partial charge < -0.3 is 10.2 Å². The Hall–Kier alpha value is -2.06. The average Bonchev–Trinajstić information content (AvgIpc) is 2.36. The minimum atomic E-state index is -1.11. The van der Waals surface area contributed by atoms with Crippen molar-refractivity contribution < 1.29 is 15.0 Å². The van der Waals surface area contributed by atoms with Crippen molar-refractivity contribution in [1.29, 1.82) is 5.26 Å². The molecule has 0 aromatic heterocycles. The van der Waals surface area contributed by atoms with E-state index in [-0.39, 0.29) is 0 Å². The number of carbonyl (C=O) groups is 1. The highest BCUT2D eigenvalue weighted by Gasteiger charge is 2.46. The fourth-order valence-electron chi connectivity index (χ4n) is 2.62. The van der Waals surface area contributed by atoms with Crippen LogP contribution < -0.4 is 0 Å². The van der Waals surface area contributed by atoms with Crippen LogP contribution in [0.25, 0.3) is 0 Å². The van der Waals surface area contributed by atoms with Crippen LogP contribution in [0.5, 0.6) is 0 Å². The summed E-state index contributed by atoms with van der Waals surface area (Å²) >= 11 is 0. The number of aliphatic hydroxyl groups is 1. The van der Waals surface area contributed by atoms with Crippen LogP contribution in [0.3, 0.4) is 0 Å². The highest BCUT2D eigenvalue weighted by atomic mass is 16.4. The van der Waals surface area contributed by atoms with Gasteiger partial charge in [-0.1, -0.05) is 12.1 Å². The van der Waals surface area contributed by atoms with E-state index in [9.17, 15) is 15.0 Å². The van der Waals surface area contributed by atoms with E-state index in [1.807, 2.05) is 6.07 Å². The van der Waals surface area contributed by atoms with E-state index in [4.69, 9.17) is 5.26 Å². The van der Waals surface area contributed by atoms with Gasteiger partial charge in [-0.15, -0.1) is 0 Å². The maximum atomic E-state index is 11.8. The molecule has 0 heterocycles. The summed E-state index contributed by atoms with van der Waals surface area (Å²) in [5.41, 5.74) is -0.665. The van der Waals surface area contributed by atoms with E-state index in [1.165, 1.54) is 4.90 Å². The number of hydrogen-bond acceptors (Lipinski definition) is 3. The maximum Gasteiger partial charge on any atom is 0.408 e. The first-order valence-electron chi connectivity index (χ1n) is 6.77. The summed E-state index contributed by atoms with van der Waals surface area (Å²) in [4.78, 5) is 13.0. The molecule has 1 aromatic rings. The van der Waals surface area contributed by atoms with Crippen molar-refractivity contribution in [2.75, 3.05) is 0 Å². The summed E-state index contributed by atoms with van der Waals surface area (Å²) in [5.74, 6) is 0. The SMILES string of the molecule is C[C@H](O)[C@@](C)(c1ccc(C#N)cc1)N(C(=O)O)C(C)(C)C. The maximum absolute atomic E-state index is 11.8. The Labute approximate surface area is 125 Å². The van der Waals surface area contributed by atoms with Crippen LogP contribution in [0.15, 0.2) is 24.3 Å². The van der Waals surface area contributed by atoms with Crippen molar-refractivity contribution in [2.24, 2.45) is 0 Å². The Kier molecular flexibility index (Phi) is 4.65. The number of aliphatic hydroxyl groups excluding tert-OH is 1. The molecule has 2 N–H and O–H groups in total. The first-order valence-corrected chi connectivity index (χ1v) is 6.77. The Balaban J connectivity index is 3.49. The zero-order chi connectivity index (χ0) is 16.4. The summed E-state index contributed by atoms with van der Waals surface area (Å²) in [6.45, 7) is 8.61. The molecule has 0 saturated heterocycles. The van der Waals surface area contributed by atoms with E-state index in [2.05, 4.69) is 0 Å². The topological polar surface area (TPSA) is 84.6 Å². The Morgan fingerprint density at radius 1 is 1.24 bits per heavy atom. The Morgan fingerprint density at radius 3 is 2.00 bits per heavy atom. The molecule has 0 saturated carbocycles. The fraction of sp³-hybridized carbons (Fsp3) is 0.500. The van der Waals surface area contributed by atoms with Gasteiger partial charge in [0.1, 0.15) is 0 Å². The normalized spacial score (nSPS) is 15.7. The van der Waals surface area contributed by atoms with E-state index in [0.29, 0.717) is 11.1 Å². The van der Waals surface area contributed by atoms with Gasteiger partial charge in [0.25, 0.3) is 0 Å². The number of amides is 1. The summed E-state index contributed by atoms with van der Waals surface area (Å²) in [5, 5.41) is 28.7. The van der Waals surface area contributed by atoms with Crippen LogP contribution >= 0.6 is 0 Å². The largest absolute Gasteiger partial charge is 0.465 e. The summed E-state index contributed by atoms with van der Waals surface area (Å²) in [7, 11) is 0. The van der Waals surface area contributed by atoms with Gasteiger partial charge in [0.05, 0.1) is 23.3 Å². The predicted molar refractivity (Wildman–Crippen MR) is 79.8 cm³/mol. The summed E-state index contributed by atoms with van der Waals surface area (Å²) in [6.07, 6.45) is -2.02. The second-order valence-corrected chi connectivity index (χ2v) is 6.30. The first kappa shape index (κ1) is 17.0. The van der Waals surface area contributed by atoms with Crippen LogP contribution in [0, 0.1) is 11.3 Å².